The number of carbonyl (C=O) groups is 1. The van der Waals surface area contributed by atoms with Gasteiger partial charge in [0.1, 0.15) is 11.4 Å². The lowest BCUT2D eigenvalue weighted by atomic mass is 9.88. The molecule has 1 aliphatic heterocycles. The smallest absolute Gasteiger partial charge is 0.419 e. The SMILES string of the molecule is COc1ccc(-c2sc(C)nc2C(=O)N2CC(F)(F)CC(C)C2CNc2ncc(C(F)(F)F)cn2)cc1. The molecule has 0 aliphatic carbocycles. The predicted octanol–water partition coefficient (Wildman–Crippen LogP) is 5.53. The molecule has 13 heteroatoms. The molecule has 0 spiro atoms. The van der Waals surface area contributed by atoms with E-state index in [1.54, 1.807) is 38.1 Å². The number of nitrogens with one attached hydrogen (secondary N) is 1. The largest absolute Gasteiger partial charge is 0.497 e. The first-order valence-corrected chi connectivity index (χ1v) is 12.1. The highest BCUT2D eigenvalue weighted by molar-refractivity contribution is 7.15. The van der Waals surface area contributed by atoms with Gasteiger partial charge in [0, 0.05) is 25.4 Å². The topological polar surface area (TPSA) is 80.2 Å². The fourth-order valence-corrected chi connectivity index (χ4v) is 5.20. The average Bonchev–Trinajstić information content (AvgIpc) is 3.23. The standard InChI is InChI=1S/C24H24F5N5O2S/c1-13-8-23(25,26)12-34(18(13)11-32-22-30-9-16(10-31-22)24(27,28)29)21(35)19-20(37-14(2)33-19)15-4-6-17(36-3)7-5-15/h4-7,9-10,13,18H,8,11-12H2,1-3H3,(H,30,31,32). The van der Waals surface area contributed by atoms with Crippen molar-refractivity contribution in [2.45, 2.75) is 38.4 Å². The van der Waals surface area contributed by atoms with Crippen molar-refractivity contribution in [2.75, 3.05) is 25.5 Å². The van der Waals surface area contributed by atoms with Gasteiger partial charge in [-0.15, -0.1) is 11.3 Å². The highest BCUT2D eigenvalue weighted by atomic mass is 32.1. The number of anilines is 1. The molecule has 0 saturated carbocycles. The van der Waals surface area contributed by atoms with Crippen LogP contribution in [0.15, 0.2) is 36.7 Å². The lowest BCUT2D eigenvalue weighted by Gasteiger charge is -2.43. The van der Waals surface area contributed by atoms with Crippen molar-refractivity contribution in [2.24, 2.45) is 5.92 Å². The van der Waals surface area contributed by atoms with Crippen molar-refractivity contribution in [3.05, 3.63) is 52.9 Å². The van der Waals surface area contributed by atoms with Gasteiger partial charge in [0.25, 0.3) is 11.8 Å². The number of ether oxygens (including phenoxy) is 1. The third-order valence-electron chi connectivity index (χ3n) is 6.08. The predicted molar refractivity (Wildman–Crippen MR) is 128 cm³/mol. The van der Waals surface area contributed by atoms with Crippen LogP contribution in [-0.4, -0.2) is 57.9 Å². The molecule has 1 amide bonds. The van der Waals surface area contributed by atoms with E-state index in [0.29, 0.717) is 33.6 Å². The van der Waals surface area contributed by atoms with E-state index in [1.165, 1.54) is 18.4 Å². The van der Waals surface area contributed by atoms with Crippen molar-refractivity contribution in [3.63, 3.8) is 0 Å². The minimum Gasteiger partial charge on any atom is -0.497 e. The van der Waals surface area contributed by atoms with Crippen LogP contribution in [0.5, 0.6) is 5.75 Å². The number of halogens is 5. The number of aromatic nitrogens is 3. The first kappa shape index (κ1) is 26.7. The van der Waals surface area contributed by atoms with E-state index in [0.717, 1.165) is 4.90 Å². The fourth-order valence-electron chi connectivity index (χ4n) is 4.29. The van der Waals surface area contributed by atoms with Crippen LogP contribution in [0, 0.1) is 12.8 Å². The quantitative estimate of drug-likeness (QED) is 0.413. The number of rotatable bonds is 6. The molecule has 2 unspecified atom stereocenters. The van der Waals surface area contributed by atoms with Crippen LogP contribution in [0.1, 0.15) is 34.4 Å². The van der Waals surface area contributed by atoms with Crippen LogP contribution in [-0.2, 0) is 6.18 Å². The van der Waals surface area contributed by atoms with Crippen molar-refractivity contribution < 1.29 is 31.5 Å². The number of methoxy groups -OCH3 is 1. The highest BCUT2D eigenvalue weighted by Gasteiger charge is 2.47. The zero-order chi connectivity index (χ0) is 27.0. The maximum absolute atomic E-state index is 14.6. The van der Waals surface area contributed by atoms with Gasteiger partial charge in [-0.2, -0.15) is 13.2 Å². The van der Waals surface area contributed by atoms with E-state index in [4.69, 9.17) is 4.74 Å². The minimum absolute atomic E-state index is 0.0324. The van der Waals surface area contributed by atoms with Crippen molar-refractivity contribution in [1.29, 1.82) is 0 Å². The molecule has 4 rings (SSSR count). The number of hydrogen-bond acceptors (Lipinski definition) is 7. The number of thiazole rings is 1. The summed E-state index contributed by atoms with van der Waals surface area (Å²) < 4.78 is 72.8. The van der Waals surface area contributed by atoms with Gasteiger partial charge in [0.05, 0.1) is 35.1 Å². The average molecular weight is 542 g/mol. The molecule has 1 N–H and O–H groups in total. The fraction of sp³-hybridized carbons (Fsp3) is 0.417. The highest BCUT2D eigenvalue weighted by Crippen LogP contribution is 2.38. The van der Waals surface area contributed by atoms with Crippen LogP contribution in [0.25, 0.3) is 10.4 Å². The molecule has 1 saturated heterocycles. The molecule has 3 aromatic rings. The number of amides is 1. The first-order valence-electron chi connectivity index (χ1n) is 11.3. The summed E-state index contributed by atoms with van der Waals surface area (Å²) in [7, 11) is 1.53. The second kappa shape index (κ2) is 10.2. The van der Waals surface area contributed by atoms with Gasteiger partial charge < -0.3 is 15.0 Å². The number of carbonyl (C=O) groups excluding carboxylic acids is 1. The number of nitrogens with zero attached hydrogens (tertiary/aromatic N) is 4. The number of hydrogen-bond donors (Lipinski definition) is 1. The molecule has 0 bridgehead atoms. The molecule has 198 valence electrons. The number of alkyl halides is 5. The number of aryl methyl sites for hydroxylation is 1. The molecule has 7 nitrogen and oxygen atoms in total. The second-order valence-corrected chi connectivity index (χ2v) is 10.1. The summed E-state index contributed by atoms with van der Waals surface area (Å²) in [6.07, 6.45) is -3.76. The van der Waals surface area contributed by atoms with Gasteiger partial charge in [0.2, 0.25) is 5.95 Å². The molecule has 1 aromatic carbocycles. The molecule has 0 radical (unpaired) electrons. The van der Waals surface area contributed by atoms with Crippen molar-refractivity contribution >= 4 is 23.2 Å². The lowest BCUT2D eigenvalue weighted by molar-refractivity contribution is -0.138. The summed E-state index contributed by atoms with van der Waals surface area (Å²) in [5.74, 6) is -3.87. The molecule has 1 aliphatic rings. The Hall–Kier alpha value is -3.35. The summed E-state index contributed by atoms with van der Waals surface area (Å²) in [6.45, 7) is 2.48. The van der Waals surface area contributed by atoms with Gasteiger partial charge in [-0.3, -0.25) is 4.79 Å². The Morgan fingerprint density at radius 1 is 1.22 bits per heavy atom. The van der Waals surface area contributed by atoms with Crippen LogP contribution in [0.4, 0.5) is 27.9 Å². The van der Waals surface area contributed by atoms with Crippen molar-refractivity contribution in [3.8, 4) is 16.2 Å². The second-order valence-electron chi connectivity index (χ2n) is 8.85. The maximum atomic E-state index is 14.6. The minimum atomic E-state index is -4.58. The maximum Gasteiger partial charge on any atom is 0.419 e. The van der Waals surface area contributed by atoms with Crippen LogP contribution < -0.4 is 10.1 Å². The van der Waals surface area contributed by atoms with Crippen molar-refractivity contribution in [1.82, 2.24) is 19.9 Å². The van der Waals surface area contributed by atoms with E-state index in [1.807, 2.05) is 0 Å². The zero-order valence-electron chi connectivity index (χ0n) is 20.1. The normalized spacial score (nSPS) is 19.5. The van der Waals surface area contributed by atoms with Crippen LogP contribution in [0.2, 0.25) is 0 Å². The molecule has 2 atom stereocenters. The first-order chi connectivity index (χ1) is 17.4. The third-order valence-corrected chi connectivity index (χ3v) is 7.10. The number of benzene rings is 1. The Labute approximate surface area is 213 Å². The molecule has 1 fully saturated rings. The lowest BCUT2D eigenvalue weighted by Crippen LogP contribution is -2.57. The van der Waals surface area contributed by atoms with E-state index >= 15 is 0 Å². The van der Waals surface area contributed by atoms with E-state index in [9.17, 15) is 26.7 Å². The van der Waals surface area contributed by atoms with Gasteiger partial charge in [-0.25, -0.2) is 23.7 Å². The van der Waals surface area contributed by atoms with E-state index in [-0.39, 0.29) is 18.2 Å². The Balaban J connectivity index is 1.60. The summed E-state index contributed by atoms with van der Waals surface area (Å²) in [5.41, 5.74) is -0.252. The molecular formula is C24H24F5N5O2S. The zero-order valence-corrected chi connectivity index (χ0v) is 21.0. The van der Waals surface area contributed by atoms with Crippen LogP contribution in [0.3, 0.4) is 0 Å². The summed E-state index contributed by atoms with van der Waals surface area (Å²) >= 11 is 1.27. The molecular weight excluding hydrogens is 517 g/mol. The Kier molecular flexibility index (Phi) is 7.36. The summed E-state index contributed by atoms with van der Waals surface area (Å²) in [6, 6.07) is 6.27. The number of piperidine rings is 1. The van der Waals surface area contributed by atoms with E-state index in [2.05, 4.69) is 20.3 Å². The van der Waals surface area contributed by atoms with Gasteiger partial charge in [0.15, 0.2) is 0 Å². The molecule has 3 heterocycles. The summed E-state index contributed by atoms with van der Waals surface area (Å²) in [4.78, 5) is 27.0. The summed E-state index contributed by atoms with van der Waals surface area (Å²) in [5, 5.41) is 3.39. The Bertz CT molecular complexity index is 1250. The van der Waals surface area contributed by atoms with Gasteiger partial charge >= 0.3 is 6.18 Å². The van der Waals surface area contributed by atoms with Gasteiger partial charge in [-0.1, -0.05) is 6.92 Å². The van der Waals surface area contributed by atoms with Crippen LogP contribution >= 0.6 is 11.3 Å². The monoisotopic (exact) mass is 541 g/mol. The Morgan fingerprint density at radius 2 is 1.86 bits per heavy atom. The van der Waals surface area contributed by atoms with Gasteiger partial charge in [-0.05, 0) is 42.7 Å². The van der Waals surface area contributed by atoms with E-state index < -0.39 is 48.5 Å². The third kappa shape index (κ3) is 5.97. The Morgan fingerprint density at radius 3 is 2.46 bits per heavy atom. The molecule has 37 heavy (non-hydrogen) atoms. The molecule has 2 aromatic heterocycles. The number of likely N-dealkylation sites (tertiary alicyclic amines) is 1.